The van der Waals surface area contributed by atoms with E-state index in [4.69, 9.17) is 0 Å². The van der Waals surface area contributed by atoms with Gasteiger partial charge in [-0.15, -0.1) is 11.8 Å². The molecule has 0 aliphatic heterocycles. The number of aromatic hydroxyl groups is 1. The van der Waals surface area contributed by atoms with Crippen LogP contribution in [-0.4, -0.2) is 11.4 Å². The Morgan fingerprint density at radius 1 is 1.50 bits per heavy atom. The summed E-state index contributed by atoms with van der Waals surface area (Å²) in [5.74, 6) is 0. The first-order valence-corrected chi connectivity index (χ1v) is 7.27. The van der Waals surface area contributed by atoms with Gasteiger partial charge in [-0.1, -0.05) is 33.3 Å². The molecule has 0 radical (unpaired) electrons. The molecule has 0 aliphatic carbocycles. The van der Waals surface area contributed by atoms with Crippen LogP contribution in [0.3, 0.4) is 0 Å². The van der Waals surface area contributed by atoms with E-state index in [1.54, 1.807) is 11.8 Å². The zero-order valence-electron chi connectivity index (χ0n) is 7.58. The highest BCUT2D eigenvalue weighted by atomic mass is 79.9. The van der Waals surface area contributed by atoms with Gasteiger partial charge in [0.25, 0.3) is 0 Å². The molecule has 1 nitrogen and oxygen atoms in total. The molecule has 0 spiro atoms. The topological polar surface area (TPSA) is 20.2 Å². The Labute approximate surface area is 99.3 Å². The highest BCUT2D eigenvalue weighted by Gasteiger charge is 2.08. The summed E-state index contributed by atoms with van der Waals surface area (Å²) in [6.45, 7) is 0. The average molecular weight is 289 g/mol. The lowest BCUT2D eigenvalue weighted by molar-refractivity contribution is 0.491. The fourth-order valence-electron chi connectivity index (χ4n) is 1.42. The van der Waals surface area contributed by atoms with Gasteiger partial charge in [-0.25, -0.2) is 0 Å². The highest BCUT2D eigenvalue weighted by Crippen LogP contribution is 2.39. The Bertz CT molecular complexity index is 423. The van der Waals surface area contributed by atoms with Crippen molar-refractivity contribution in [3.63, 3.8) is 0 Å². The Morgan fingerprint density at radius 3 is 2.93 bits per heavy atom. The summed E-state index contributed by atoms with van der Waals surface area (Å²) >= 11 is 6.61. The van der Waals surface area contributed by atoms with Gasteiger partial charge >= 0.3 is 0 Å². The molecule has 74 valence electrons. The van der Waals surface area contributed by atoms with Gasteiger partial charge in [0, 0.05) is 15.6 Å². The molecule has 0 saturated carbocycles. The van der Waals surface area contributed by atoms with Gasteiger partial charge in [-0.05, 0) is 24.0 Å². The number of thiophene rings is 1. The first-order chi connectivity index (χ1) is 6.76. The van der Waals surface area contributed by atoms with Crippen LogP contribution in [0.1, 0.15) is 5.56 Å². The summed E-state index contributed by atoms with van der Waals surface area (Å²) in [7, 11) is 0. The molecule has 0 bridgehead atoms. The minimum absolute atomic E-state index is 0.392. The van der Waals surface area contributed by atoms with Crippen molar-refractivity contribution in [3.8, 4) is 5.06 Å². The monoisotopic (exact) mass is 288 g/mol. The van der Waals surface area contributed by atoms with Crippen LogP contribution in [0.5, 0.6) is 5.06 Å². The molecule has 4 heteroatoms. The third-order valence-electron chi connectivity index (χ3n) is 2.09. The summed E-state index contributed by atoms with van der Waals surface area (Å²) < 4.78 is 1.19. The number of benzene rings is 1. The van der Waals surface area contributed by atoms with Gasteiger partial charge in [0.1, 0.15) is 0 Å². The van der Waals surface area contributed by atoms with E-state index in [1.807, 2.05) is 6.07 Å². The van der Waals surface area contributed by atoms with E-state index in [0.29, 0.717) is 5.06 Å². The maximum atomic E-state index is 9.49. The van der Waals surface area contributed by atoms with E-state index in [9.17, 15) is 5.11 Å². The average Bonchev–Trinajstić information content (AvgIpc) is 2.57. The standard InChI is InChI=1S/C10H9BrOS2/c1-13-8-3-2-6(5-11)7-4-9(12)14-10(7)8/h2-4,12H,5H2,1H3. The van der Waals surface area contributed by atoms with E-state index in [0.717, 1.165) is 10.7 Å². The third kappa shape index (κ3) is 1.66. The molecule has 0 saturated heterocycles. The maximum absolute atomic E-state index is 9.49. The second kappa shape index (κ2) is 4.13. The van der Waals surface area contributed by atoms with E-state index in [-0.39, 0.29) is 0 Å². The first-order valence-electron chi connectivity index (χ1n) is 4.10. The molecule has 2 rings (SSSR count). The van der Waals surface area contributed by atoms with Gasteiger partial charge in [0.05, 0.1) is 4.70 Å². The lowest BCUT2D eigenvalue weighted by Crippen LogP contribution is -1.79. The molecular formula is C10H9BrOS2. The molecule has 0 aliphatic rings. The Kier molecular flexibility index (Phi) is 3.04. The SMILES string of the molecule is CSc1ccc(CBr)c2cc(O)sc12. The van der Waals surface area contributed by atoms with Crippen LogP contribution >= 0.6 is 39.0 Å². The summed E-state index contributed by atoms with van der Waals surface area (Å²) in [4.78, 5) is 1.23. The van der Waals surface area contributed by atoms with Crippen LogP contribution in [0.25, 0.3) is 10.1 Å². The predicted molar refractivity (Wildman–Crippen MR) is 67.9 cm³/mol. The Hall–Kier alpha value is -0.190. The number of hydrogen-bond acceptors (Lipinski definition) is 3. The molecule has 0 unspecified atom stereocenters. The van der Waals surface area contributed by atoms with Crippen LogP contribution in [0.2, 0.25) is 0 Å². The first kappa shape index (κ1) is 10.3. The molecule has 0 fully saturated rings. The lowest BCUT2D eigenvalue weighted by atomic mass is 10.1. The van der Waals surface area contributed by atoms with Crippen molar-refractivity contribution in [2.24, 2.45) is 0 Å². The fraction of sp³-hybridized carbons (Fsp3) is 0.200. The number of fused-ring (bicyclic) bond motifs is 1. The van der Waals surface area contributed by atoms with Crippen molar-refractivity contribution < 1.29 is 5.11 Å². The normalized spacial score (nSPS) is 11.0. The Balaban J connectivity index is 2.77. The molecule has 1 aromatic heterocycles. The van der Waals surface area contributed by atoms with Gasteiger partial charge in [0.15, 0.2) is 5.06 Å². The number of rotatable bonds is 2. The second-order valence-corrected chi connectivity index (χ2v) is 5.33. The van der Waals surface area contributed by atoms with Gasteiger partial charge in [0.2, 0.25) is 0 Å². The van der Waals surface area contributed by atoms with Crippen LogP contribution in [0, 0.1) is 0 Å². The number of halogens is 1. The van der Waals surface area contributed by atoms with Crippen molar-refractivity contribution in [1.29, 1.82) is 0 Å². The summed E-state index contributed by atoms with van der Waals surface area (Å²) in [5.41, 5.74) is 1.23. The van der Waals surface area contributed by atoms with Crippen molar-refractivity contribution in [1.82, 2.24) is 0 Å². The van der Waals surface area contributed by atoms with Crippen LogP contribution in [0.4, 0.5) is 0 Å². The molecule has 14 heavy (non-hydrogen) atoms. The molecule has 0 atom stereocenters. The van der Waals surface area contributed by atoms with Crippen molar-refractivity contribution in [3.05, 3.63) is 23.8 Å². The number of thioether (sulfide) groups is 1. The van der Waals surface area contributed by atoms with Gasteiger partial charge in [-0.2, -0.15) is 0 Å². The van der Waals surface area contributed by atoms with Gasteiger partial charge in [-0.3, -0.25) is 0 Å². The van der Waals surface area contributed by atoms with Crippen molar-refractivity contribution >= 4 is 49.1 Å². The molecule has 1 N–H and O–H groups in total. The molecule has 1 heterocycles. The van der Waals surface area contributed by atoms with Crippen LogP contribution in [0.15, 0.2) is 23.1 Å². The second-order valence-electron chi connectivity index (χ2n) is 2.89. The lowest BCUT2D eigenvalue weighted by Gasteiger charge is -2.02. The molecule has 2 aromatic rings. The van der Waals surface area contributed by atoms with Crippen LogP contribution < -0.4 is 0 Å². The molecule has 0 amide bonds. The summed E-state index contributed by atoms with van der Waals surface area (Å²) in [6, 6.07) is 6.06. The number of alkyl halides is 1. The summed E-state index contributed by atoms with van der Waals surface area (Å²) in [5, 5.41) is 11.9. The summed E-state index contributed by atoms with van der Waals surface area (Å²) in [6.07, 6.45) is 2.05. The maximum Gasteiger partial charge on any atom is 0.172 e. The number of hydrogen-bond donors (Lipinski definition) is 1. The molecule has 1 aromatic carbocycles. The van der Waals surface area contributed by atoms with E-state index in [2.05, 4.69) is 34.3 Å². The Morgan fingerprint density at radius 2 is 2.29 bits per heavy atom. The smallest absolute Gasteiger partial charge is 0.172 e. The fourth-order valence-corrected chi connectivity index (χ4v) is 3.64. The molecular weight excluding hydrogens is 280 g/mol. The highest BCUT2D eigenvalue weighted by molar-refractivity contribution is 9.08. The van der Waals surface area contributed by atoms with Gasteiger partial charge < -0.3 is 5.11 Å². The van der Waals surface area contributed by atoms with E-state index < -0.39 is 0 Å². The predicted octanol–water partition coefficient (Wildman–Crippen LogP) is 4.22. The minimum atomic E-state index is 0.392. The zero-order valence-corrected chi connectivity index (χ0v) is 10.8. The minimum Gasteiger partial charge on any atom is -0.499 e. The largest absolute Gasteiger partial charge is 0.499 e. The zero-order chi connectivity index (χ0) is 10.1. The van der Waals surface area contributed by atoms with Crippen molar-refractivity contribution in [2.45, 2.75) is 10.2 Å². The van der Waals surface area contributed by atoms with Crippen molar-refractivity contribution in [2.75, 3.05) is 6.26 Å². The third-order valence-corrected chi connectivity index (χ3v) is 4.57. The quantitative estimate of drug-likeness (QED) is 0.659. The van der Waals surface area contributed by atoms with E-state index in [1.165, 1.54) is 26.5 Å². The van der Waals surface area contributed by atoms with E-state index >= 15 is 0 Å². The van der Waals surface area contributed by atoms with Crippen LogP contribution in [-0.2, 0) is 5.33 Å².